The zero-order valence-electron chi connectivity index (χ0n) is 20.8. The molecule has 0 bridgehead atoms. The maximum atomic E-state index is 13.8. The lowest BCUT2D eigenvalue weighted by Gasteiger charge is -2.33. The topological polar surface area (TPSA) is 88.4 Å². The summed E-state index contributed by atoms with van der Waals surface area (Å²) in [6, 6.07) is 0.579. The Bertz CT molecular complexity index is 1200. The fraction of sp³-hybridized carbons (Fsp3) is 0.667. The Morgan fingerprint density at radius 2 is 1.82 bits per heavy atom. The lowest BCUT2D eigenvalue weighted by Crippen LogP contribution is -2.38. The highest BCUT2D eigenvalue weighted by Gasteiger charge is 2.59. The molecule has 39 heavy (non-hydrogen) atoms. The van der Waals surface area contributed by atoms with E-state index in [2.05, 4.69) is 20.7 Å². The Labute approximate surface area is 217 Å². The maximum Gasteiger partial charge on any atom is 0.392 e. The number of carbonyl (C=O) groups is 2. The minimum absolute atomic E-state index is 0.0280. The highest BCUT2D eigenvalue weighted by Crippen LogP contribution is 2.50. The van der Waals surface area contributed by atoms with Gasteiger partial charge in [-0.3, -0.25) is 9.59 Å². The van der Waals surface area contributed by atoms with E-state index in [9.17, 15) is 44.7 Å². The number of nitrogens with one attached hydrogen (secondary N) is 2. The van der Waals surface area contributed by atoms with Crippen LogP contribution >= 0.6 is 0 Å². The Kier molecular flexibility index (Phi) is 7.83. The van der Waals surface area contributed by atoms with E-state index in [4.69, 9.17) is 0 Å². The first-order valence-electron chi connectivity index (χ1n) is 12.5. The van der Waals surface area contributed by atoms with Gasteiger partial charge in [0, 0.05) is 25.8 Å². The number of fused-ring (bicyclic) bond motifs is 1. The average molecular weight is 569 g/mol. The second kappa shape index (κ2) is 10.5. The minimum atomic E-state index is -4.51. The van der Waals surface area contributed by atoms with Gasteiger partial charge in [0.2, 0.25) is 17.7 Å². The summed E-state index contributed by atoms with van der Waals surface area (Å²) in [5, 5.41) is 9.13. The van der Waals surface area contributed by atoms with Crippen molar-refractivity contribution >= 4 is 17.5 Å². The molecule has 7 nitrogen and oxygen atoms in total. The molecular formula is C24H27F8N5O2. The summed E-state index contributed by atoms with van der Waals surface area (Å²) in [4.78, 5) is 28.9. The molecule has 2 aliphatic rings. The van der Waals surface area contributed by atoms with E-state index in [0.717, 1.165) is 6.92 Å². The van der Waals surface area contributed by atoms with E-state index in [-0.39, 0.29) is 37.1 Å². The van der Waals surface area contributed by atoms with Crippen molar-refractivity contribution in [3.8, 4) is 0 Å². The van der Waals surface area contributed by atoms with Crippen LogP contribution in [0.4, 0.5) is 35.1 Å². The number of imidazole rings is 1. The van der Waals surface area contributed by atoms with Crippen molar-refractivity contribution in [3.05, 3.63) is 29.7 Å². The van der Waals surface area contributed by atoms with Crippen LogP contribution in [-0.4, -0.2) is 44.7 Å². The van der Waals surface area contributed by atoms with Crippen LogP contribution in [0.2, 0.25) is 0 Å². The van der Waals surface area contributed by atoms with Gasteiger partial charge in [-0.25, -0.2) is 18.3 Å². The van der Waals surface area contributed by atoms with E-state index in [1.165, 1.54) is 23.0 Å². The number of hydrogen-bond donors (Lipinski definition) is 2. The van der Waals surface area contributed by atoms with E-state index in [1.54, 1.807) is 0 Å². The quantitative estimate of drug-likeness (QED) is 0.433. The molecule has 2 N–H and O–H groups in total. The fourth-order valence-electron chi connectivity index (χ4n) is 4.78. The number of rotatable bonds is 8. The third-order valence-corrected chi connectivity index (χ3v) is 7.33. The Morgan fingerprint density at radius 1 is 1.15 bits per heavy atom. The van der Waals surface area contributed by atoms with Gasteiger partial charge in [0.1, 0.15) is 0 Å². The second-order valence-corrected chi connectivity index (χ2v) is 10.4. The molecule has 2 amide bonds. The molecule has 2 heterocycles. The predicted molar refractivity (Wildman–Crippen MR) is 120 cm³/mol. The summed E-state index contributed by atoms with van der Waals surface area (Å²) in [5.41, 5.74) is 0.882. The largest absolute Gasteiger partial charge is 0.392 e. The van der Waals surface area contributed by atoms with E-state index < -0.39 is 79.1 Å². The van der Waals surface area contributed by atoms with Gasteiger partial charge in [0.15, 0.2) is 5.65 Å². The zero-order chi connectivity index (χ0) is 28.8. The summed E-state index contributed by atoms with van der Waals surface area (Å²) in [7, 11) is 0. The molecule has 2 aromatic heterocycles. The van der Waals surface area contributed by atoms with E-state index in [0.29, 0.717) is 5.56 Å². The van der Waals surface area contributed by atoms with Crippen molar-refractivity contribution in [2.75, 3.05) is 0 Å². The van der Waals surface area contributed by atoms with Crippen LogP contribution in [0.15, 0.2) is 18.5 Å². The molecule has 2 aromatic rings. The number of alkyl halides is 8. The second-order valence-electron chi connectivity index (χ2n) is 10.4. The first-order chi connectivity index (χ1) is 18.0. The van der Waals surface area contributed by atoms with Gasteiger partial charge < -0.3 is 10.6 Å². The van der Waals surface area contributed by atoms with Crippen LogP contribution in [0.3, 0.4) is 0 Å². The van der Waals surface area contributed by atoms with Crippen molar-refractivity contribution < 1.29 is 44.7 Å². The van der Waals surface area contributed by atoms with Gasteiger partial charge in [-0.1, -0.05) is 6.92 Å². The summed E-state index contributed by atoms with van der Waals surface area (Å²) < 4.78 is 106. The molecule has 15 heteroatoms. The predicted octanol–water partition coefficient (Wildman–Crippen LogP) is 5.12. The number of hydrogen-bond acceptors (Lipinski definition) is 4. The summed E-state index contributed by atoms with van der Waals surface area (Å²) in [5.74, 6) is -9.78. The van der Waals surface area contributed by atoms with Crippen LogP contribution in [0.1, 0.15) is 62.7 Å². The number of amides is 2. The molecule has 4 rings (SSSR count). The highest BCUT2D eigenvalue weighted by molar-refractivity contribution is 5.82. The molecular weight excluding hydrogens is 542 g/mol. The molecule has 2 saturated carbocycles. The third-order valence-electron chi connectivity index (χ3n) is 7.33. The average Bonchev–Trinajstić information content (AvgIpc) is 3.54. The molecule has 0 aromatic carbocycles. The van der Waals surface area contributed by atoms with Gasteiger partial charge >= 0.3 is 12.4 Å². The van der Waals surface area contributed by atoms with Crippen LogP contribution in [-0.2, 0) is 16.1 Å². The lowest BCUT2D eigenvalue weighted by atomic mass is 9.81. The van der Waals surface area contributed by atoms with Crippen molar-refractivity contribution in [1.82, 2.24) is 25.2 Å². The summed E-state index contributed by atoms with van der Waals surface area (Å²) in [6.45, 7) is 0.766. The van der Waals surface area contributed by atoms with Crippen LogP contribution in [0, 0.1) is 23.7 Å². The molecule has 0 spiro atoms. The van der Waals surface area contributed by atoms with Crippen LogP contribution < -0.4 is 10.6 Å². The Balaban J connectivity index is 1.48. The number of aromatic nitrogens is 3. The first kappa shape index (κ1) is 29.0. The van der Waals surface area contributed by atoms with E-state index >= 15 is 0 Å². The molecule has 0 saturated heterocycles. The summed E-state index contributed by atoms with van der Waals surface area (Å²) >= 11 is 0. The summed E-state index contributed by atoms with van der Waals surface area (Å²) in [6.07, 6.45) is -8.11. The number of nitrogens with zero attached hydrogens (tertiary/aromatic N) is 3. The first-order valence-corrected chi connectivity index (χ1v) is 12.5. The normalized spacial score (nSPS) is 23.3. The fourth-order valence-corrected chi connectivity index (χ4v) is 4.78. The Hall–Kier alpha value is -3.00. The number of halogens is 8. The van der Waals surface area contributed by atoms with Gasteiger partial charge in [-0.05, 0) is 36.8 Å². The molecule has 216 valence electrons. The van der Waals surface area contributed by atoms with E-state index in [1.807, 2.05) is 0 Å². The van der Waals surface area contributed by atoms with Crippen molar-refractivity contribution in [2.45, 2.75) is 76.3 Å². The molecule has 0 unspecified atom stereocenters. The maximum absolute atomic E-state index is 13.8. The molecule has 0 radical (unpaired) electrons. The molecule has 4 atom stereocenters. The van der Waals surface area contributed by atoms with Crippen molar-refractivity contribution in [1.29, 1.82) is 0 Å². The van der Waals surface area contributed by atoms with Crippen LogP contribution in [0.25, 0.3) is 5.65 Å². The van der Waals surface area contributed by atoms with Gasteiger partial charge in [-0.2, -0.15) is 31.4 Å². The zero-order valence-corrected chi connectivity index (χ0v) is 20.8. The molecule has 2 aliphatic carbocycles. The lowest BCUT2D eigenvalue weighted by molar-refractivity contribution is -0.174. The number of carbonyl (C=O) groups excluding carboxylic acids is 2. The highest BCUT2D eigenvalue weighted by atomic mass is 19.4. The minimum Gasteiger partial charge on any atom is -0.352 e. The molecule has 0 aliphatic heterocycles. The van der Waals surface area contributed by atoms with Crippen molar-refractivity contribution in [3.63, 3.8) is 0 Å². The van der Waals surface area contributed by atoms with Gasteiger partial charge in [-0.15, -0.1) is 0 Å². The monoisotopic (exact) mass is 569 g/mol. The van der Waals surface area contributed by atoms with Gasteiger partial charge in [0.25, 0.3) is 0 Å². The van der Waals surface area contributed by atoms with Crippen molar-refractivity contribution in [2.24, 2.45) is 23.7 Å². The smallest absolute Gasteiger partial charge is 0.352 e. The third kappa shape index (κ3) is 7.15. The SMILES string of the molecule is C[C@H](CC(=O)NCc1cnn2cc([C@@H](NC(=O)[C@@H]3C[C@H]3C(F)(F)F)C3CCC(F)(F)CC3)nc2c1)C(F)(F)F. The van der Waals surface area contributed by atoms with Gasteiger partial charge in [0.05, 0.1) is 41.9 Å². The standard InChI is InChI=1S/C24H27F8N5O2/c1-12(23(27,28)29)6-19(38)33-9-13-7-18-35-17(11-37(18)34-10-13)20(14-2-4-22(25,26)5-3-14)36-21(39)15-8-16(15)24(30,31)32/h7,10-12,14-16,20H,2-6,8-9H2,1H3,(H,33,38)(H,36,39)/t12-,15-,16-,20+/m1/s1. The molecule has 2 fully saturated rings. The Morgan fingerprint density at radius 3 is 2.41 bits per heavy atom. The van der Waals surface area contributed by atoms with Crippen LogP contribution in [0.5, 0.6) is 0 Å².